The summed E-state index contributed by atoms with van der Waals surface area (Å²) in [5.41, 5.74) is -0.333. The number of nitrogens with zero attached hydrogens (tertiary/aromatic N) is 1. The standard InChI is InChI=1S/C12H8BrFN2O4S/c13-8-2-4-11(15-6-8)16-21(19,20)10-5-7(12(17)18)1-3-9(10)14/h1-6H,(H,15,16)(H,17,18). The molecular weight excluding hydrogens is 367 g/mol. The summed E-state index contributed by atoms with van der Waals surface area (Å²) < 4.78 is 40.5. The van der Waals surface area contributed by atoms with Crippen LogP contribution in [0.4, 0.5) is 10.2 Å². The second kappa shape index (κ2) is 5.78. The van der Waals surface area contributed by atoms with Crippen molar-refractivity contribution in [1.82, 2.24) is 4.98 Å². The number of anilines is 1. The first-order valence-corrected chi connectivity index (χ1v) is 7.74. The zero-order valence-electron chi connectivity index (χ0n) is 10.2. The van der Waals surface area contributed by atoms with Crippen LogP contribution in [0.15, 0.2) is 45.9 Å². The Hall–Kier alpha value is -2.00. The highest BCUT2D eigenvalue weighted by molar-refractivity contribution is 9.10. The van der Waals surface area contributed by atoms with Gasteiger partial charge < -0.3 is 5.11 Å². The fraction of sp³-hybridized carbons (Fsp3) is 0. The Balaban J connectivity index is 2.41. The summed E-state index contributed by atoms with van der Waals surface area (Å²) in [6.45, 7) is 0. The Bertz CT molecular complexity index is 793. The summed E-state index contributed by atoms with van der Waals surface area (Å²) in [4.78, 5) is 13.9. The van der Waals surface area contributed by atoms with Gasteiger partial charge in [0.25, 0.3) is 10.0 Å². The van der Waals surface area contributed by atoms with Crippen molar-refractivity contribution in [1.29, 1.82) is 0 Å². The van der Waals surface area contributed by atoms with E-state index in [1.54, 1.807) is 6.07 Å². The topological polar surface area (TPSA) is 96.4 Å². The maximum Gasteiger partial charge on any atom is 0.335 e. The number of aromatic nitrogens is 1. The monoisotopic (exact) mass is 374 g/mol. The lowest BCUT2D eigenvalue weighted by Crippen LogP contribution is -2.16. The number of carboxylic acid groups (broad SMARTS) is 1. The van der Waals surface area contributed by atoms with Gasteiger partial charge in [0.1, 0.15) is 16.5 Å². The van der Waals surface area contributed by atoms with E-state index in [1.165, 1.54) is 12.3 Å². The highest BCUT2D eigenvalue weighted by Gasteiger charge is 2.21. The highest BCUT2D eigenvalue weighted by atomic mass is 79.9. The number of aromatic carboxylic acids is 1. The molecule has 2 rings (SSSR count). The van der Waals surface area contributed by atoms with Gasteiger partial charge in [-0.05, 0) is 46.3 Å². The number of pyridine rings is 1. The molecule has 0 bridgehead atoms. The van der Waals surface area contributed by atoms with Crippen LogP contribution in [0.3, 0.4) is 0 Å². The Morgan fingerprint density at radius 2 is 2.00 bits per heavy atom. The molecule has 1 heterocycles. The third-order valence-electron chi connectivity index (χ3n) is 2.43. The molecule has 0 aliphatic heterocycles. The van der Waals surface area contributed by atoms with Crippen LogP contribution in [0.25, 0.3) is 0 Å². The minimum atomic E-state index is -4.28. The lowest BCUT2D eigenvalue weighted by atomic mass is 10.2. The molecule has 0 saturated heterocycles. The molecule has 0 aliphatic rings. The van der Waals surface area contributed by atoms with E-state index >= 15 is 0 Å². The number of halogens is 2. The lowest BCUT2D eigenvalue weighted by molar-refractivity contribution is 0.0696. The summed E-state index contributed by atoms with van der Waals surface area (Å²) in [5.74, 6) is -2.42. The zero-order valence-corrected chi connectivity index (χ0v) is 12.6. The molecule has 2 aromatic rings. The summed E-state index contributed by atoms with van der Waals surface area (Å²) in [6, 6.07) is 5.44. The van der Waals surface area contributed by atoms with Gasteiger partial charge in [0.15, 0.2) is 0 Å². The second-order valence-corrected chi connectivity index (χ2v) is 6.48. The summed E-state index contributed by atoms with van der Waals surface area (Å²) in [6.07, 6.45) is 1.36. The smallest absolute Gasteiger partial charge is 0.335 e. The minimum absolute atomic E-state index is 0.0154. The number of carboxylic acids is 1. The molecule has 2 N–H and O–H groups in total. The van der Waals surface area contributed by atoms with E-state index in [9.17, 15) is 17.6 Å². The van der Waals surface area contributed by atoms with Crippen molar-refractivity contribution in [3.8, 4) is 0 Å². The van der Waals surface area contributed by atoms with Crippen molar-refractivity contribution < 1.29 is 22.7 Å². The molecule has 1 aromatic carbocycles. The molecule has 1 aromatic heterocycles. The first-order chi connectivity index (χ1) is 9.79. The van der Waals surface area contributed by atoms with Crippen molar-refractivity contribution in [2.24, 2.45) is 0 Å². The third kappa shape index (κ3) is 3.56. The molecule has 110 valence electrons. The summed E-state index contributed by atoms with van der Waals surface area (Å²) in [7, 11) is -4.28. The molecule has 0 atom stereocenters. The van der Waals surface area contributed by atoms with E-state index in [-0.39, 0.29) is 11.4 Å². The molecule has 0 aliphatic carbocycles. The van der Waals surface area contributed by atoms with Crippen LogP contribution < -0.4 is 4.72 Å². The number of nitrogens with one attached hydrogen (secondary N) is 1. The average molecular weight is 375 g/mol. The third-order valence-corrected chi connectivity index (χ3v) is 4.27. The van der Waals surface area contributed by atoms with Crippen LogP contribution in [0.2, 0.25) is 0 Å². The average Bonchev–Trinajstić information content (AvgIpc) is 2.41. The zero-order chi connectivity index (χ0) is 15.6. The van der Waals surface area contributed by atoms with Gasteiger partial charge in [-0.15, -0.1) is 0 Å². The quantitative estimate of drug-likeness (QED) is 0.856. The van der Waals surface area contributed by atoms with Gasteiger partial charge in [-0.25, -0.2) is 22.6 Å². The van der Waals surface area contributed by atoms with Gasteiger partial charge in [0.2, 0.25) is 0 Å². The molecule has 9 heteroatoms. The normalized spacial score (nSPS) is 11.1. The fourth-order valence-corrected chi connectivity index (χ4v) is 2.82. The molecule has 0 saturated carbocycles. The number of benzene rings is 1. The van der Waals surface area contributed by atoms with E-state index in [2.05, 4.69) is 25.6 Å². The predicted molar refractivity (Wildman–Crippen MR) is 76.1 cm³/mol. The number of hydrogen-bond donors (Lipinski definition) is 2. The van der Waals surface area contributed by atoms with Crippen LogP contribution in [-0.2, 0) is 10.0 Å². The largest absolute Gasteiger partial charge is 0.478 e. The van der Waals surface area contributed by atoms with Crippen LogP contribution in [0, 0.1) is 5.82 Å². The molecule has 0 radical (unpaired) electrons. The number of sulfonamides is 1. The van der Waals surface area contributed by atoms with Gasteiger partial charge >= 0.3 is 5.97 Å². The second-order valence-electron chi connectivity index (χ2n) is 3.92. The minimum Gasteiger partial charge on any atom is -0.478 e. The molecule has 21 heavy (non-hydrogen) atoms. The first kappa shape index (κ1) is 15.4. The van der Waals surface area contributed by atoms with E-state index in [4.69, 9.17) is 5.11 Å². The van der Waals surface area contributed by atoms with Crippen LogP contribution in [0.5, 0.6) is 0 Å². The molecule has 0 amide bonds. The summed E-state index contributed by atoms with van der Waals surface area (Å²) in [5, 5.41) is 8.83. The maximum atomic E-state index is 13.7. The molecule has 0 spiro atoms. The molecule has 0 fully saturated rings. The van der Waals surface area contributed by atoms with E-state index < -0.39 is 26.7 Å². The Kier molecular flexibility index (Phi) is 4.24. The molecular formula is C12H8BrFN2O4S. The summed E-state index contributed by atoms with van der Waals surface area (Å²) >= 11 is 3.14. The maximum absolute atomic E-state index is 13.7. The van der Waals surface area contributed by atoms with Gasteiger partial charge in [-0.1, -0.05) is 0 Å². The number of carbonyl (C=O) groups is 1. The van der Waals surface area contributed by atoms with Crippen molar-refractivity contribution in [2.75, 3.05) is 4.72 Å². The lowest BCUT2D eigenvalue weighted by Gasteiger charge is -2.09. The Morgan fingerprint density at radius 3 is 2.57 bits per heavy atom. The van der Waals surface area contributed by atoms with Crippen LogP contribution in [0.1, 0.15) is 10.4 Å². The van der Waals surface area contributed by atoms with Gasteiger partial charge in [0.05, 0.1) is 5.56 Å². The Labute approximate surface area is 127 Å². The Morgan fingerprint density at radius 1 is 1.29 bits per heavy atom. The predicted octanol–water partition coefficient (Wildman–Crippen LogP) is 2.48. The van der Waals surface area contributed by atoms with Crippen LogP contribution >= 0.6 is 15.9 Å². The van der Waals surface area contributed by atoms with Gasteiger partial charge in [0, 0.05) is 10.7 Å². The molecule has 6 nitrogen and oxygen atoms in total. The van der Waals surface area contributed by atoms with Crippen molar-refractivity contribution >= 4 is 37.7 Å². The van der Waals surface area contributed by atoms with Crippen LogP contribution in [-0.4, -0.2) is 24.5 Å². The van der Waals surface area contributed by atoms with E-state index in [0.717, 1.165) is 18.2 Å². The van der Waals surface area contributed by atoms with E-state index in [1.807, 2.05) is 0 Å². The van der Waals surface area contributed by atoms with Crippen molar-refractivity contribution in [2.45, 2.75) is 4.90 Å². The fourth-order valence-electron chi connectivity index (χ4n) is 1.47. The molecule has 0 unspecified atom stereocenters. The number of rotatable bonds is 4. The van der Waals surface area contributed by atoms with Gasteiger partial charge in [-0.3, -0.25) is 4.72 Å². The number of hydrogen-bond acceptors (Lipinski definition) is 4. The van der Waals surface area contributed by atoms with Crippen molar-refractivity contribution in [3.05, 3.63) is 52.4 Å². The highest BCUT2D eigenvalue weighted by Crippen LogP contribution is 2.20. The SMILES string of the molecule is O=C(O)c1ccc(F)c(S(=O)(=O)Nc2ccc(Br)cn2)c1. The van der Waals surface area contributed by atoms with Crippen molar-refractivity contribution in [3.63, 3.8) is 0 Å². The van der Waals surface area contributed by atoms with Gasteiger partial charge in [-0.2, -0.15) is 0 Å². The van der Waals surface area contributed by atoms with E-state index in [0.29, 0.717) is 4.47 Å². The first-order valence-electron chi connectivity index (χ1n) is 5.47.